The first-order valence-electron chi connectivity index (χ1n) is 12.1. The maximum atomic E-state index is 2.59. The van der Waals surface area contributed by atoms with E-state index in [0.717, 1.165) is 0 Å². The Morgan fingerprint density at radius 2 is 0.808 bits per heavy atom. The van der Waals surface area contributed by atoms with Gasteiger partial charge in [-0.25, -0.2) is 10.0 Å². The van der Waals surface area contributed by atoms with Gasteiger partial charge in [-0.2, -0.15) is 0 Å². The lowest BCUT2D eigenvalue weighted by atomic mass is 10.0. The van der Waals surface area contributed by atoms with Crippen molar-refractivity contribution in [1.29, 1.82) is 0 Å². The molecule has 0 atom stereocenters. The van der Waals surface area contributed by atoms with Crippen LogP contribution in [0.4, 0.5) is 0 Å². The summed E-state index contributed by atoms with van der Waals surface area (Å²) < 4.78 is 0.600. The van der Waals surface area contributed by atoms with Crippen LogP contribution in [0, 0.1) is 0 Å². The number of unbranched alkanes of at least 4 members (excludes halogenated alkanes) is 14. The predicted octanol–water partition coefficient (Wildman–Crippen LogP) is 9.50. The molecule has 0 aliphatic rings. The van der Waals surface area contributed by atoms with Gasteiger partial charge in [-0.3, -0.25) is 0 Å². The van der Waals surface area contributed by atoms with E-state index in [9.17, 15) is 0 Å². The first-order valence-corrected chi connectivity index (χ1v) is 14.8. The van der Waals surface area contributed by atoms with Gasteiger partial charge in [0.25, 0.3) is 0 Å². The highest BCUT2D eigenvalue weighted by Crippen LogP contribution is 2.57. The molecule has 0 amide bonds. The molecule has 0 heterocycles. The third-order valence-electron chi connectivity index (χ3n) is 7.09. The molecule has 0 rings (SSSR count). The standard InChI is InChI=1S/C25H54S/c1-7-10-11-12-13-14-15-16-17-18-19-20-21-22-23-24-26(5,6)25(4,8-2)9-3/h7-24H2,1-6H3. The van der Waals surface area contributed by atoms with Gasteiger partial charge in [0, 0.05) is 0 Å². The molecular weight excluding hydrogens is 332 g/mol. The fourth-order valence-corrected chi connectivity index (χ4v) is 7.09. The Morgan fingerprint density at radius 1 is 0.500 bits per heavy atom. The topological polar surface area (TPSA) is 0 Å². The Hall–Kier alpha value is 0.350. The SMILES string of the molecule is CCCCCCCCCCCCCCCCCS(C)(C)C(C)(CC)CC. The Balaban J connectivity index is 3.41. The van der Waals surface area contributed by atoms with Crippen LogP contribution in [-0.4, -0.2) is 23.0 Å². The summed E-state index contributed by atoms with van der Waals surface area (Å²) in [6.45, 7) is 9.62. The average molecular weight is 387 g/mol. The highest BCUT2D eigenvalue weighted by Gasteiger charge is 2.32. The zero-order valence-electron chi connectivity index (χ0n) is 19.6. The van der Waals surface area contributed by atoms with Gasteiger partial charge in [-0.15, -0.1) is 0 Å². The molecule has 0 radical (unpaired) electrons. The van der Waals surface area contributed by atoms with Crippen molar-refractivity contribution in [3.63, 3.8) is 0 Å². The molecule has 160 valence electrons. The Morgan fingerprint density at radius 3 is 1.12 bits per heavy atom. The third-order valence-corrected chi connectivity index (χ3v) is 11.6. The zero-order chi connectivity index (χ0) is 19.7. The molecule has 0 saturated carbocycles. The summed E-state index contributed by atoms with van der Waals surface area (Å²) in [5.74, 6) is 1.49. The van der Waals surface area contributed by atoms with Crippen molar-refractivity contribution in [1.82, 2.24) is 0 Å². The molecule has 0 N–H and O–H groups in total. The zero-order valence-corrected chi connectivity index (χ0v) is 20.5. The fourth-order valence-electron chi connectivity index (χ4n) is 4.11. The summed E-state index contributed by atoms with van der Waals surface area (Å²) in [4.78, 5) is 0. The first kappa shape index (κ1) is 26.4. The second-order valence-electron chi connectivity index (χ2n) is 9.35. The molecule has 0 spiro atoms. The molecule has 0 fully saturated rings. The lowest BCUT2D eigenvalue weighted by Gasteiger charge is -2.49. The molecule has 0 saturated heterocycles. The van der Waals surface area contributed by atoms with Gasteiger partial charge in [-0.1, -0.05) is 118 Å². The van der Waals surface area contributed by atoms with Crippen molar-refractivity contribution in [3.05, 3.63) is 0 Å². The summed E-state index contributed by atoms with van der Waals surface area (Å²) in [5, 5.41) is 0. The van der Waals surface area contributed by atoms with E-state index in [-0.39, 0.29) is 0 Å². The van der Waals surface area contributed by atoms with Crippen LogP contribution in [0.2, 0.25) is 0 Å². The fraction of sp³-hybridized carbons (Fsp3) is 1.00. The van der Waals surface area contributed by atoms with Crippen molar-refractivity contribution in [2.45, 2.75) is 142 Å². The highest BCUT2D eigenvalue weighted by atomic mass is 32.3. The lowest BCUT2D eigenvalue weighted by molar-refractivity contribution is 0.534. The van der Waals surface area contributed by atoms with Crippen molar-refractivity contribution < 1.29 is 0 Å². The van der Waals surface area contributed by atoms with Crippen LogP contribution < -0.4 is 0 Å². The molecule has 0 bridgehead atoms. The van der Waals surface area contributed by atoms with Crippen molar-refractivity contribution in [2.75, 3.05) is 18.3 Å². The van der Waals surface area contributed by atoms with Gasteiger partial charge < -0.3 is 0 Å². The van der Waals surface area contributed by atoms with Crippen LogP contribution in [0.3, 0.4) is 0 Å². The van der Waals surface area contributed by atoms with E-state index >= 15 is 0 Å². The third kappa shape index (κ3) is 11.9. The molecule has 0 aromatic heterocycles. The summed E-state index contributed by atoms with van der Waals surface area (Å²) in [7, 11) is -0.440. The van der Waals surface area contributed by atoms with Crippen molar-refractivity contribution in [3.8, 4) is 0 Å². The Bertz CT molecular complexity index is 291. The predicted molar refractivity (Wildman–Crippen MR) is 128 cm³/mol. The average Bonchev–Trinajstić information content (AvgIpc) is 2.63. The van der Waals surface area contributed by atoms with E-state index in [1.165, 1.54) is 115 Å². The molecule has 0 aromatic carbocycles. The molecule has 0 unspecified atom stereocenters. The highest BCUT2D eigenvalue weighted by molar-refractivity contribution is 8.33. The Kier molecular flexibility index (Phi) is 16.5. The molecular formula is C25H54S. The van der Waals surface area contributed by atoms with E-state index in [2.05, 4.69) is 40.2 Å². The van der Waals surface area contributed by atoms with E-state index in [4.69, 9.17) is 0 Å². The van der Waals surface area contributed by atoms with Gasteiger partial charge in [-0.05, 0) is 42.3 Å². The second-order valence-corrected chi connectivity index (χ2v) is 13.8. The van der Waals surface area contributed by atoms with Gasteiger partial charge in [0.15, 0.2) is 0 Å². The monoisotopic (exact) mass is 386 g/mol. The quantitative estimate of drug-likeness (QED) is 0.194. The van der Waals surface area contributed by atoms with Crippen LogP contribution in [0.15, 0.2) is 0 Å². The molecule has 0 aliphatic carbocycles. The molecule has 0 nitrogen and oxygen atoms in total. The minimum absolute atomic E-state index is 0.440. The summed E-state index contributed by atoms with van der Waals surface area (Å²) in [6.07, 6.45) is 29.9. The van der Waals surface area contributed by atoms with Crippen molar-refractivity contribution in [2.24, 2.45) is 0 Å². The molecule has 26 heavy (non-hydrogen) atoms. The molecule has 1 heteroatoms. The van der Waals surface area contributed by atoms with Crippen LogP contribution >= 0.6 is 10.0 Å². The second kappa shape index (κ2) is 16.3. The van der Waals surface area contributed by atoms with Crippen LogP contribution in [0.1, 0.15) is 137 Å². The van der Waals surface area contributed by atoms with Crippen LogP contribution in [0.25, 0.3) is 0 Å². The number of hydrogen-bond acceptors (Lipinski definition) is 0. The molecule has 0 aromatic rings. The van der Waals surface area contributed by atoms with Gasteiger partial charge in [0.1, 0.15) is 0 Å². The smallest absolute Gasteiger partial charge is 0.00359 e. The maximum absolute atomic E-state index is 2.59. The van der Waals surface area contributed by atoms with Crippen molar-refractivity contribution >= 4 is 10.0 Å². The lowest BCUT2D eigenvalue weighted by Crippen LogP contribution is -2.31. The van der Waals surface area contributed by atoms with Crippen LogP contribution in [0.5, 0.6) is 0 Å². The largest absolute Gasteiger partial charge is 0.241 e. The minimum Gasteiger partial charge on any atom is -0.241 e. The number of hydrogen-bond donors (Lipinski definition) is 0. The van der Waals surface area contributed by atoms with Crippen LogP contribution in [-0.2, 0) is 0 Å². The maximum Gasteiger partial charge on any atom is -0.00359 e. The minimum atomic E-state index is -0.440. The number of rotatable bonds is 19. The summed E-state index contributed by atoms with van der Waals surface area (Å²) in [6, 6.07) is 0. The van der Waals surface area contributed by atoms with E-state index < -0.39 is 10.0 Å². The van der Waals surface area contributed by atoms with Gasteiger partial charge in [0.05, 0.1) is 0 Å². The first-order chi connectivity index (χ1) is 12.4. The van der Waals surface area contributed by atoms with E-state index in [1.54, 1.807) is 0 Å². The summed E-state index contributed by atoms with van der Waals surface area (Å²) in [5.41, 5.74) is 0. The summed E-state index contributed by atoms with van der Waals surface area (Å²) >= 11 is 0. The molecule has 0 aliphatic heterocycles. The normalized spacial score (nSPS) is 13.3. The van der Waals surface area contributed by atoms with Gasteiger partial charge >= 0.3 is 0 Å². The van der Waals surface area contributed by atoms with E-state index in [0.29, 0.717) is 4.75 Å². The Labute approximate surface area is 170 Å². The van der Waals surface area contributed by atoms with Gasteiger partial charge in [0.2, 0.25) is 0 Å². The van der Waals surface area contributed by atoms with E-state index in [1.807, 2.05) is 0 Å².